The molecule has 2 unspecified atom stereocenters. The normalized spacial score (nSPS) is 13.4. The van der Waals surface area contributed by atoms with E-state index < -0.39 is 0 Å². The average molecular weight is 381 g/mol. The second kappa shape index (κ2) is 9.82. The van der Waals surface area contributed by atoms with Crippen molar-refractivity contribution in [2.45, 2.75) is 44.3 Å². The molecule has 0 radical (unpaired) electrons. The summed E-state index contributed by atoms with van der Waals surface area (Å²) in [6.45, 7) is 7.12. The van der Waals surface area contributed by atoms with Gasteiger partial charge < -0.3 is 9.47 Å². The molecule has 0 N–H and O–H groups in total. The van der Waals surface area contributed by atoms with Crippen LogP contribution in [0.15, 0.2) is 71.6 Å². The van der Waals surface area contributed by atoms with Crippen molar-refractivity contribution in [1.82, 2.24) is 0 Å². The maximum absolute atomic E-state index is 6.12. The van der Waals surface area contributed by atoms with E-state index in [9.17, 15) is 0 Å². The molecule has 0 bridgehead atoms. The Bertz CT molecular complexity index is 847. The summed E-state index contributed by atoms with van der Waals surface area (Å²) in [5.74, 6) is 2.33. The Kier molecular flexibility index (Phi) is 7.19. The van der Waals surface area contributed by atoms with Crippen LogP contribution in [0.4, 0.5) is 0 Å². The van der Waals surface area contributed by atoms with Crippen LogP contribution in [-0.2, 0) is 4.74 Å². The van der Waals surface area contributed by atoms with Gasteiger partial charge in [0.1, 0.15) is 5.75 Å². The van der Waals surface area contributed by atoms with Crippen LogP contribution in [0.1, 0.15) is 38.7 Å². The van der Waals surface area contributed by atoms with E-state index >= 15 is 0 Å². The summed E-state index contributed by atoms with van der Waals surface area (Å²) in [6.07, 6.45) is 0.849. The molecule has 0 heterocycles. The minimum atomic E-state index is -0.278. The van der Waals surface area contributed by atoms with Gasteiger partial charge in [-0.05, 0) is 48.4 Å². The third kappa shape index (κ3) is 5.27. The molecule has 0 saturated carbocycles. The van der Waals surface area contributed by atoms with Crippen molar-refractivity contribution >= 4 is 22.5 Å². The number of hydrogen-bond donors (Lipinski definition) is 0. The van der Waals surface area contributed by atoms with Gasteiger partial charge in [-0.25, -0.2) is 0 Å². The molecule has 2 nitrogen and oxygen atoms in total. The molecule has 0 aliphatic carbocycles. The zero-order valence-electron chi connectivity index (χ0n) is 16.4. The van der Waals surface area contributed by atoms with E-state index in [2.05, 4.69) is 74.5 Å². The third-order valence-corrected chi connectivity index (χ3v) is 5.78. The number of ether oxygens (including phenoxy) is 2. The zero-order chi connectivity index (χ0) is 19.1. The van der Waals surface area contributed by atoms with E-state index in [1.165, 1.54) is 15.8 Å². The van der Waals surface area contributed by atoms with Crippen molar-refractivity contribution in [3.63, 3.8) is 0 Å². The van der Waals surface area contributed by atoms with Gasteiger partial charge in [-0.1, -0.05) is 62.4 Å². The first-order chi connectivity index (χ1) is 13.2. The first-order valence-corrected chi connectivity index (χ1v) is 10.7. The van der Waals surface area contributed by atoms with E-state index in [-0.39, 0.29) is 6.29 Å². The highest BCUT2D eigenvalue weighted by Crippen LogP contribution is 2.34. The smallest absolute Gasteiger partial charge is 0.197 e. The lowest BCUT2D eigenvalue weighted by atomic mass is 9.93. The highest BCUT2D eigenvalue weighted by atomic mass is 32.2. The Labute approximate surface area is 166 Å². The fourth-order valence-corrected chi connectivity index (χ4v) is 3.92. The molecule has 0 saturated heterocycles. The first kappa shape index (κ1) is 19.8. The van der Waals surface area contributed by atoms with E-state index in [1.807, 2.05) is 13.0 Å². The van der Waals surface area contributed by atoms with Crippen LogP contribution in [0.25, 0.3) is 10.8 Å². The summed E-state index contributed by atoms with van der Waals surface area (Å²) in [6, 6.07) is 23.2. The monoisotopic (exact) mass is 380 g/mol. The van der Waals surface area contributed by atoms with Crippen molar-refractivity contribution in [2.24, 2.45) is 0 Å². The van der Waals surface area contributed by atoms with Crippen LogP contribution in [0.3, 0.4) is 0 Å². The van der Waals surface area contributed by atoms with Crippen molar-refractivity contribution < 1.29 is 9.47 Å². The topological polar surface area (TPSA) is 18.5 Å². The second-order valence-corrected chi connectivity index (χ2v) is 7.89. The average Bonchev–Trinajstić information content (AvgIpc) is 2.71. The summed E-state index contributed by atoms with van der Waals surface area (Å²) < 4.78 is 12.0. The van der Waals surface area contributed by atoms with Gasteiger partial charge in [0.2, 0.25) is 0 Å². The van der Waals surface area contributed by atoms with Crippen LogP contribution >= 0.6 is 11.8 Å². The Balaban J connectivity index is 1.60. The van der Waals surface area contributed by atoms with Gasteiger partial charge in [-0.15, -0.1) is 11.8 Å². The van der Waals surface area contributed by atoms with Crippen molar-refractivity contribution in [1.29, 1.82) is 0 Å². The van der Waals surface area contributed by atoms with E-state index in [0.29, 0.717) is 12.5 Å². The van der Waals surface area contributed by atoms with Gasteiger partial charge >= 0.3 is 0 Å². The minimum Gasteiger partial charge on any atom is -0.465 e. The SMILES string of the molecule is CCC(C)c1ccc(OC(C)OCCSc2ccccc2)c2ccccc12. The first-order valence-electron chi connectivity index (χ1n) is 9.66. The number of thioether (sulfide) groups is 1. The lowest BCUT2D eigenvalue weighted by Crippen LogP contribution is -2.18. The molecule has 0 aliphatic heterocycles. The quantitative estimate of drug-likeness (QED) is 0.229. The van der Waals surface area contributed by atoms with Gasteiger partial charge in [0.15, 0.2) is 6.29 Å². The van der Waals surface area contributed by atoms with Crippen molar-refractivity contribution in [3.8, 4) is 5.75 Å². The molecular formula is C24H28O2S. The summed E-state index contributed by atoms with van der Waals surface area (Å²) in [7, 11) is 0. The standard InChI is InChI=1S/C24H28O2S/c1-4-18(2)21-14-15-24(23-13-9-8-12-22(21)23)26-19(3)25-16-17-27-20-10-6-5-7-11-20/h5-15,18-19H,4,16-17H2,1-3H3. The molecule has 0 aromatic heterocycles. The number of hydrogen-bond acceptors (Lipinski definition) is 3. The predicted molar refractivity (Wildman–Crippen MR) is 116 cm³/mol. The maximum atomic E-state index is 6.12. The fraction of sp³-hybridized carbons (Fsp3) is 0.333. The summed E-state index contributed by atoms with van der Waals surface area (Å²) in [4.78, 5) is 1.27. The highest BCUT2D eigenvalue weighted by Gasteiger charge is 2.13. The lowest BCUT2D eigenvalue weighted by Gasteiger charge is -2.19. The highest BCUT2D eigenvalue weighted by molar-refractivity contribution is 7.99. The molecular weight excluding hydrogens is 352 g/mol. The molecule has 3 aromatic carbocycles. The number of fused-ring (bicyclic) bond motifs is 1. The predicted octanol–water partition coefficient (Wildman–Crippen LogP) is 6.89. The largest absolute Gasteiger partial charge is 0.465 e. The summed E-state index contributed by atoms with van der Waals surface area (Å²) >= 11 is 1.80. The minimum absolute atomic E-state index is 0.278. The fourth-order valence-electron chi connectivity index (χ4n) is 3.15. The van der Waals surface area contributed by atoms with E-state index in [4.69, 9.17) is 9.47 Å². The van der Waals surface area contributed by atoms with Crippen molar-refractivity contribution in [3.05, 3.63) is 72.3 Å². The number of benzene rings is 3. The van der Waals surface area contributed by atoms with Gasteiger partial charge in [0.05, 0.1) is 6.61 Å². The Hall–Kier alpha value is -1.97. The lowest BCUT2D eigenvalue weighted by molar-refractivity contribution is -0.0594. The Morgan fingerprint density at radius 3 is 2.30 bits per heavy atom. The zero-order valence-corrected chi connectivity index (χ0v) is 17.2. The van der Waals surface area contributed by atoms with Crippen LogP contribution < -0.4 is 4.74 Å². The van der Waals surface area contributed by atoms with Crippen molar-refractivity contribution in [2.75, 3.05) is 12.4 Å². The van der Waals surface area contributed by atoms with Crippen LogP contribution in [0.2, 0.25) is 0 Å². The van der Waals surface area contributed by atoms with Crippen LogP contribution in [0, 0.1) is 0 Å². The Morgan fingerprint density at radius 1 is 0.852 bits per heavy atom. The van der Waals surface area contributed by atoms with E-state index in [1.54, 1.807) is 11.8 Å². The maximum Gasteiger partial charge on any atom is 0.197 e. The summed E-state index contributed by atoms with van der Waals surface area (Å²) in [5.41, 5.74) is 1.38. The van der Waals surface area contributed by atoms with Gasteiger partial charge in [-0.3, -0.25) is 0 Å². The molecule has 2 atom stereocenters. The molecule has 0 aliphatic rings. The molecule has 0 fully saturated rings. The van der Waals surface area contributed by atoms with Gasteiger partial charge in [-0.2, -0.15) is 0 Å². The van der Waals surface area contributed by atoms with Crippen LogP contribution in [-0.4, -0.2) is 18.6 Å². The molecule has 142 valence electrons. The van der Waals surface area contributed by atoms with Gasteiger partial charge in [0.25, 0.3) is 0 Å². The van der Waals surface area contributed by atoms with E-state index in [0.717, 1.165) is 23.3 Å². The second-order valence-electron chi connectivity index (χ2n) is 6.73. The summed E-state index contributed by atoms with van der Waals surface area (Å²) in [5, 5.41) is 2.43. The molecule has 3 rings (SSSR count). The molecule has 0 amide bonds. The number of rotatable bonds is 9. The molecule has 3 heteroatoms. The molecule has 27 heavy (non-hydrogen) atoms. The molecule has 3 aromatic rings. The Morgan fingerprint density at radius 2 is 1.56 bits per heavy atom. The van der Waals surface area contributed by atoms with Gasteiger partial charge in [0, 0.05) is 16.0 Å². The third-order valence-electron chi connectivity index (χ3n) is 4.80. The van der Waals surface area contributed by atoms with Crippen LogP contribution in [0.5, 0.6) is 5.75 Å². The molecule has 0 spiro atoms.